The molecule has 25 heavy (non-hydrogen) atoms. The Morgan fingerprint density at radius 2 is 1.96 bits per heavy atom. The van der Waals surface area contributed by atoms with E-state index in [4.69, 9.17) is 9.72 Å². The SMILES string of the molecule is Cn1c(C2CCN(C(=O)Oc3cccnc3)CC2)nc2ccccc21. The summed E-state index contributed by atoms with van der Waals surface area (Å²) in [6.45, 7) is 1.35. The quantitative estimate of drug-likeness (QED) is 0.720. The summed E-state index contributed by atoms with van der Waals surface area (Å²) >= 11 is 0. The number of benzene rings is 1. The molecule has 6 heteroatoms. The van der Waals surface area contributed by atoms with Gasteiger partial charge < -0.3 is 14.2 Å². The van der Waals surface area contributed by atoms with Crippen molar-refractivity contribution in [2.45, 2.75) is 18.8 Å². The lowest BCUT2D eigenvalue weighted by Gasteiger charge is -2.30. The topological polar surface area (TPSA) is 60.2 Å². The largest absolute Gasteiger partial charge is 0.415 e. The summed E-state index contributed by atoms with van der Waals surface area (Å²) in [5, 5.41) is 0. The van der Waals surface area contributed by atoms with E-state index >= 15 is 0 Å². The second-order valence-electron chi connectivity index (χ2n) is 6.34. The van der Waals surface area contributed by atoms with Crippen molar-refractivity contribution < 1.29 is 9.53 Å². The minimum Gasteiger partial charge on any atom is -0.409 e. The van der Waals surface area contributed by atoms with Gasteiger partial charge in [0.15, 0.2) is 5.75 Å². The number of rotatable bonds is 2. The third kappa shape index (κ3) is 3.07. The van der Waals surface area contributed by atoms with Crippen LogP contribution in [0.5, 0.6) is 5.75 Å². The Bertz CT molecular complexity index is 883. The standard InChI is InChI=1S/C19H20N4O2/c1-22-17-7-3-2-6-16(17)21-18(22)14-8-11-23(12-9-14)19(24)25-15-5-4-10-20-13-15/h2-7,10,13-14H,8-9,11-12H2,1H3. The minimum absolute atomic E-state index is 0.309. The fourth-order valence-corrected chi connectivity index (χ4v) is 3.42. The molecule has 0 N–H and O–H groups in total. The molecular formula is C19H20N4O2. The van der Waals surface area contributed by atoms with Gasteiger partial charge in [0.2, 0.25) is 0 Å². The van der Waals surface area contributed by atoms with Gasteiger partial charge in [-0.05, 0) is 37.1 Å². The first-order chi connectivity index (χ1) is 12.2. The number of ether oxygens (including phenoxy) is 1. The van der Waals surface area contributed by atoms with Crippen LogP contribution in [-0.2, 0) is 7.05 Å². The summed E-state index contributed by atoms with van der Waals surface area (Å²) in [5.74, 6) is 1.94. The van der Waals surface area contributed by atoms with E-state index in [1.165, 1.54) is 0 Å². The number of fused-ring (bicyclic) bond motifs is 1. The van der Waals surface area contributed by atoms with Crippen molar-refractivity contribution in [2.75, 3.05) is 13.1 Å². The number of nitrogens with zero attached hydrogens (tertiary/aromatic N) is 4. The van der Waals surface area contributed by atoms with Crippen LogP contribution in [0.3, 0.4) is 0 Å². The minimum atomic E-state index is -0.309. The van der Waals surface area contributed by atoms with Crippen LogP contribution in [0.15, 0.2) is 48.8 Å². The highest BCUT2D eigenvalue weighted by Gasteiger charge is 2.27. The first-order valence-electron chi connectivity index (χ1n) is 8.50. The van der Waals surface area contributed by atoms with Gasteiger partial charge in [-0.15, -0.1) is 0 Å². The van der Waals surface area contributed by atoms with Gasteiger partial charge in [0, 0.05) is 32.3 Å². The third-order valence-corrected chi connectivity index (χ3v) is 4.78. The summed E-state index contributed by atoms with van der Waals surface area (Å²) in [4.78, 5) is 22.8. The van der Waals surface area contributed by atoms with E-state index in [1.807, 2.05) is 18.2 Å². The van der Waals surface area contributed by atoms with Crippen molar-refractivity contribution in [3.05, 3.63) is 54.6 Å². The van der Waals surface area contributed by atoms with Crippen LogP contribution in [0.2, 0.25) is 0 Å². The van der Waals surface area contributed by atoms with Crippen LogP contribution in [0.1, 0.15) is 24.6 Å². The number of pyridine rings is 1. The molecule has 0 unspecified atom stereocenters. The maximum absolute atomic E-state index is 12.3. The molecule has 0 bridgehead atoms. The molecule has 0 spiro atoms. The number of aryl methyl sites for hydroxylation is 1. The molecule has 1 saturated heterocycles. The normalized spacial score (nSPS) is 15.5. The number of aromatic nitrogens is 3. The number of carbonyl (C=O) groups excluding carboxylic acids is 1. The highest BCUT2D eigenvalue weighted by molar-refractivity contribution is 5.76. The van der Waals surface area contributed by atoms with Crippen LogP contribution in [0.4, 0.5) is 4.79 Å². The molecule has 0 saturated carbocycles. The molecule has 128 valence electrons. The first kappa shape index (κ1) is 15.6. The predicted molar refractivity (Wildman–Crippen MR) is 94.5 cm³/mol. The van der Waals surface area contributed by atoms with Gasteiger partial charge in [-0.1, -0.05) is 12.1 Å². The third-order valence-electron chi connectivity index (χ3n) is 4.78. The summed E-state index contributed by atoms with van der Waals surface area (Å²) in [6, 6.07) is 11.7. The van der Waals surface area contributed by atoms with E-state index in [1.54, 1.807) is 29.4 Å². The number of carbonyl (C=O) groups is 1. The van der Waals surface area contributed by atoms with E-state index in [0.29, 0.717) is 24.8 Å². The monoisotopic (exact) mass is 336 g/mol. The molecule has 0 aliphatic carbocycles. The lowest BCUT2D eigenvalue weighted by molar-refractivity contribution is 0.137. The molecule has 1 amide bonds. The zero-order valence-corrected chi connectivity index (χ0v) is 14.1. The van der Waals surface area contributed by atoms with Gasteiger partial charge in [-0.25, -0.2) is 9.78 Å². The number of piperidine rings is 1. The zero-order chi connectivity index (χ0) is 17.2. The Balaban J connectivity index is 1.42. The summed E-state index contributed by atoms with van der Waals surface area (Å²) in [5.41, 5.74) is 2.18. The fourth-order valence-electron chi connectivity index (χ4n) is 3.42. The number of amides is 1. The average Bonchev–Trinajstić information content (AvgIpc) is 3.00. The van der Waals surface area contributed by atoms with Crippen LogP contribution in [0, 0.1) is 0 Å². The van der Waals surface area contributed by atoms with Gasteiger partial charge in [0.05, 0.1) is 17.2 Å². The van der Waals surface area contributed by atoms with E-state index in [2.05, 4.69) is 22.7 Å². The van der Waals surface area contributed by atoms with Gasteiger partial charge >= 0.3 is 6.09 Å². The van der Waals surface area contributed by atoms with Gasteiger partial charge in [0.25, 0.3) is 0 Å². The van der Waals surface area contributed by atoms with E-state index in [9.17, 15) is 4.79 Å². The van der Waals surface area contributed by atoms with Crippen molar-refractivity contribution in [1.82, 2.24) is 19.4 Å². The summed E-state index contributed by atoms with van der Waals surface area (Å²) < 4.78 is 7.54. The molecule has 1 aliphatic heterocycles. The van der Waals surface area contributed by atoms with Crippen molar-refractivity contribution in [2.24, 2.45) is 7.05 Å². The highest BCUT2D eigenvalue weighted by atomic mass is 16.6. The Kier molecular flexibility index (Phi) is 4.09. The number of hydrogen-bond acceptors (Lipinski definition) is 4. The van der Waals surface area contributed by atoms with Crippen molar-refractivity contribution >= 4 is 17.1 Å². The Morgan fingerprint density at radius 3 is 2.68 bits per heavy atom. The number of likely N-dealkylation sites (tertiary alicyclic amines) is 1. The number of imidazole rings is 1. The highest BCUT2D eigenvalue weighted by Crippen LogP contribution is 2.29. The Hall–Kier alpha value is -2.89. The second-order valence-corrected chi connectivity index (χ2v) is 6.34. The van der Waals surface area contributed by atoms with Crippen LogP contribution in [-0.4, -0.2) is 38.6 Å². The molecule has 1 aliphatic rings. The average molecular weight is 336 g/mol. The van der Waals surface area contributed by atoms with E-state index < -0.39 is 0 Å². The number of para-hydroxylation sites is 2. The van der Waals surface area contributed by atoms with Gasteiger partial charge in [-0.3, -0.25) is 4.98 Å². The first-order valence-corrected chi connectivity index (χ1v) is 8.50. The lowest BCUT2D eigenvalue weighted by atomic mass is 9.96. The molecule has 0 radical (unpaired) electrons. The summed E-state index contributed by atoms with van der Waals surface area (Å²) in [7, 11) is 2.06. The van der Waals surface area contributed by atoms with Gasteiger partial charge in [0.1, 0.15) is 5.82 Å². The van der Waals surface area contributed by atoms with Crippen LogP contribution in [0.25, 0.3) is 11.0 Å². The predicted octanol–water partition coefficient (Wildman–Crippen LogP) is 3.35. The van der Waals surface area contributed by atoms with E-state index in [0.717, 1.165) is 29.7 Å². The molecule has 6 nitrogen and oxygen atoms in total. The zero-order valence-electron chi connectivity index (χ0n) is 14.1. The fraction of sp³-hybridized carbons (Fsp3) is 0.316. The Morgan fingerprint density at radius 1 is 1.16 bits per heavy atom. The van der Waals surface area contributed by atoms with Crippen LogP contribution >= 0.6 is 0 Å². The molecule has 3 heterocycles. The molecule has 4 rings (SSSR count). The molecule has 0 atom stereocenters. The molecule has 3 aromatic rings. The lowest BCUT2D eigenvalue weighted by Crippen LogP contribution is -2.40. The maximum Gasteiger partial charge on any atom is 0.415 e. The second kappa shape index (κ2) is 6.55. The van der Waals surface area contributed by atoms with Crippen LogP contribution < -0.4 is 4.74 Å². The Labute approximate surface area is 146 Å². The van der Waals surface area contributed by atoms with Crippen molar-refractivity contribution in [3.8, 4) is 5.75 Å². The van der Waals surface area contributed by atoms with Crippen molar-refractivity contribution in [3.63, 3.8) is 0 Å². The van der Waals surface area contributed by atoms with Crippen molar-refractivity contribution in [1.29, 1.82) is 0 Å². The maximum atomic E-state index is 12.3. The van der Waals surface area contributed by atoms with E-state index in [-0.39, 0.29) is 6.09 Å². The molecular weight excluding hydrogens is 316 g/mol. The van der Waals surface area contributed by atoms with Gasteiger partial charge in [-0.2, -0.15) is 0 Å². The molecule has 2 aromatic heterocycles. The summed E-state index contributed by atoms with van der Waals surface area (Å²) in [6.07, 6.45) is 4.67. The molecule has 1 fully saturated rings. The smallest absolute Gasteiger partial charge is 0.409 e. The molecule has 1 aromatic carbocycles. The number of hydrogen-bond donors (Lipinski definition) is 0.